The zero-order chi connectivity index (χ0) is 12.1. The van der Waals surface area contributed by atoms with Crippen LogP contribution in [0, 0.1) is 0 Å². The summed E-state index contributed by atoms with van der Waals surface area (Å²) >= 11 is 5.85. The van der Waals surface area contributed by atoms with Gasteiger partial charge in [-0.2, -0.15) is 0 Å². The Kier molecular flexibility index (Phi) is 4.73. The second kappa shape index (κ2) is 5.84. The SMILES string of the molecule is CN(Cc1cccc(Cl)c1)CC(N)C(=O)O. The Labute approximate surface area is 99.6 Å². The highest BCUT2D eigenvalue weighted by Crippen LogP contribution is 2.12. The highest BCUT2D eigenvalue weighted by Gasteiger charge is 2.13. The van der Waals surface area contributed by atoms with Crippen LogP contribution in [0.5, 0.6) is 0 Å². The third-order valence-electron chi connectivity index (χ3n) is 2.17. The van der Waals surface area contributed by atoms with Gasteiger partial charge in [-0.3, -0.25) is 9.69 Å². The predicted octanol–water partition coefficient (Wildman–Crippen LogP) is 1.18. The highest BCUT2D eigenvalue weighted by atomic mass is 35.5. The van der Waals surface area contributed by atoms with Crippen LogP contribution in [0.4, 0.5) is 0 Å². The number of aliphatic carboxylic acids is 1. The van der Waals surface area contributed by atoms with Crippen LogP contribution in [0.15, 0.2) is 24.3 Å². The molecule has 0 saturated carbocycles. The van der Waals surface area contributed by atoms with Gasteiger partial charge in [-0.25, -0.2) is 0 Å². The Morgan fingerprint density at radius 2 is 2.31 bits per heavy atom. The van der Waals surface area contributed by atoms with E-state index in [-0.39, 0.29) is 0 Å². The number of benzene rings is 1. The number of hydrogen-bond donors (Lipinski definition) is 2. The summed E-state index contributed by atoms with van der Waals surface area (Å²) in [6.45, 7) is 0.934. The number of carboxylic acids is 1. The summed E-state index contributed by atoms with van der Waals surface area (Å²) in [5.41, 5.74) is 6.47. The quantitative estimate of drug-likeness (QED) is 0.814. The molecule has 0 aliphatic carbocycles. The number of halogens is 1. The van der Waals surface area contributed by atoms with Gasteiger partial charge in [-0.05, 0) is 24.7 Å². The van der Waals surface area contributed by atoms with Crippen molar-refractivity contribution in [2.45, 2.75) is 12.6 Å². The van der Waals surface area contributed by atoms with Crippen LogP contribution in [0.25, 0.3) is 0 Å². The van der Waals surface area contributed by atoms with Crippen LogP contribution in [0.3, 0.4) is 0 Å². The van der Waals surface area contributed by atoms with Gasteiger partial charge in [0.25, 0.3) is 0 Å². The molecule has 5 heteroatoms. The molecule has 3 N–H and O–H groups in total. The van der Waals surface area contributed by atoms with Crippen molar-refractivity contribution in [2.75, 3.05) is 13.6 Å². The first-order chi connectivity index (χ1) is 7.49. The minimum atomic E-state index is -0.988. The topological polar surface area (TPSA) is 66.6 Å². The van der Waals surface area contributed by atoms with E-state index in [1.807, 2.05) is 30.1 Å². The number of nitrogens with zero attached hydrogens (tertiary/aromatic N) is 1. The van der Waals surface area contributed by atoms with Crippen LogP contribution in [-0.4, -0.2) is 35.6 Å². The van der Waals surface area contributed by atoms with Crippen LogP contribution in [-0.2, 0) is 11.3 Å². The highest BCUT2D eigenvalue weighted by molar-refractivity contribution is 6.30. The fourth-order valence-corrected chi connectivity index (χ4v) is 1.64. The van der Waals surface area contributed by atoms with Gasteiger partial charge in [-0.15, -0.1) is 0 Å². The second-order valence-corrected chi connectivity index (χ2v) is 4.21. The van der Waals surface area contributed by atoms with Gasteiger partial charge >= 0.3 is 5.97 Å². The molecule has 0 spiro atoms. The first kappa shape index (κ1) is 13.0. The Balaban J connectivity index is 2.51. The van der Waals surface area contributed by atoms with Gasteiger partial charge in [0.2, 0.25) is 0 Å². The van der Waals surface area contributed by atoms with E-state index >= 15 is 0 Å². The Morgan fingerprint density at radius 3 is 2.88 bits per heavy atom. The number of rotatable bonds is 5. The number of carbonyl (C=O) groups is 1. The van der Waals surface area contributed by atoms with Gasteiger partial charge in [0.05, 0.1) is 0 Å². The van der Waals surface area contributed by atoms with Gasteiger partial charge in [0.15, 0.2) is 0 Å². The molecule has 1 unspecified atom stereocenters. The molecule has 0 heterocycles. The molecule has 1 atom stereocenters. The molecular weight excluding hydrogens is 228 g/mol. The first-order valence-electron chi connectivity index (χ1n) is 4.90. The van der Waals surface area contributed by atoms with Crippen molar-refractivity contribution in [1.29, 1.82) is 0 Å². The van der Waals surface area contributed by atoms with Crippen molar-refractivity contribution in [2.24, 2.45) is 5.73 Å². The largest absolute Gasteiger partial charge is 0.480 e. The molecule has 0 aromatic heterocycles. The maximum atomic E-state index is 10.6. The van der Waals surface area contributed by atoms with E-state index in [1.54, 1.807) is 6.07 Å². The fourth-order valence-electron chi connectivity index (χ4n) is 1.43. The summed E-state index contributed by atoms with van der Waals surface area (Å²) in [5, 5.41) is 9.34. The number of likely N-dealkylation sites (N-methyl/N-ethyl adjacent to an activating group) is 1. The van der Waals surface area contributed by atoms with Gasteiger partial charge < -0.3 is 10.8 Å². The smallest absolute Gasteiger partial charge is 0.321 e. The lowest BCUT2D eigenvalue weighted by molar-refractivity contribution is -0.138. The Hall–Kier alpha value is -1.10. The minimum absolute atomic E-state index is 0.307. The third-order valence-corrected chi connectivity index (χ3v) is 2.40. The van der Waals surface area contributed by atoms with Crippen molar-refractivity contribution in [3.05, 3.63) is 34.9 Å². The number of carboxylic acid groups (broad SMARTS) is 1. The lowest BCUT2D eigenvalue weighted by Gasteiger charge is -2.18. The molecule has 4 nitrogen and oxygen atoms in total. The van der Waals surface area contributed by atoms with Crippen molar-refractivity contribution < 1.29 is 9.90 Å². The minimum Gasteiger partial charge on any atom is -0.480 e. The summed E-state index contributed by atoms with van der Waals surface area (Å²) in [6, 6.07) is 6.60. The Bertz CT molecular complexity index is 371. The van der Waals surface area contributed by atoms with E-state index in [1.165, 1.54) is 0 Å². The lowest BCUT2D eigenvalue weighted by atomic mass is 10.2. The van der Waals surface area contributed by atoms with Gasteiger partial charge in [0, 0.05) is 18.1 Å². The van der Waals surface area contributed by atoms with Gasteiger partial charge in [-0.1, -0.05) is 23.7 Å². The maximum absolute atomic E-state index is 10.6. The monoisotopic (exact) mass is 242 g/mol. The van der Waals surface area contributed by atoms with E-state index in [9.17, 15) is 4.79 Å². The molecule has 0 bridgehead atoms. The van der Waals surface area contributed by atoms with Gasteiger partial charge in [0.1, 0.15) is 6.04 Å². The van der Waals surface area contributed by atoms with Crippen molar-refractivity contribution in [3.63, 3.8) is 0 Å². The van der Waals surface area contributed by atoms with E-state index in [2.05, 4.69) is 0 Å². The van der Waals surface area contributed by atoms with Crippen LogP contribution in [0.1, 0.15) is 5.56 Å². The molecule has 0 radical (unpaired) electrons. The standard InChI is InChI=1S/C11H15ClN2O2/c1-14(7-10(13)11(15)16)6-8-3-2-4-9(12)5-8/h2-5,10H,6-7,13H2,1H3,(H,15,16). The summed E-state index contributed by atoms with van der Waals surface area (Å²) in [5.74, 6) is -0.988. The molecule has 88 valence electrons. The third kappa shape index (κ3) is 4.18. The normalized spacial score (nSPS) is 12.8. The van der Waals surface area contributed by atoms with E-state index in [0.717, 1.165) is 5.56 Å². The van der Waals surface area contributed by atoms with E-state index in [4.69, 9.17) is 22.4 Å². The maximum Gasteiger partial charge on any atom is 0.321 e. The fraction of sp³-hybridized carbons (Fsp3) is 0.364. The molecular formula is C11H15ClN2O2. The Morgan fingerprint density at radius 1 is 1.62 bits per heavy atom. The molecule has 0 aliphatic heterocycles. The van der Waals surface area contributed by atoms with E-state index in [0.29, 0.717) is 18.1 Å². The molecule has 0 saturated heterocycles. The van der Waals surface area contributed by atoms with Crippen molar-refractivity contribution >= 4 is 17.6 Å². The van der Waals surface area contributed by atoms with Crippen LogP contribution < -0.4 is 5.73 Å². The molecule has 1 aromatic carbocycles. The molecule has 0 fully saturated rings. The van der Waals surface area contributed by atoms with E-state index < -0.39 is 12.0 Å². The molecule has 16 heavy (non-hydrogen) atoms. The predicted molar refractivity (Wildman–Crippen MR) is 63.4 cm³/mol. The van der Waals surface area contributed by atoms with Crippen molar-refractivity contribution in [1.82, 2.24) is 4.90 Å². The lowest BCUT2D eigenvalue weighted by Crippen LogP contribution is -2.40. The zero-order valence-electron chi connectivity index (χ0n) is 9.06. The number of hydrogen-bond acceptors (Lipinski definition) is 3. The molecule has 0 amide bonds. The van der Waals surface area contributed by atoms with Crippen molar-refractivity contribution in [3.8, 4) is 0 Å². The summed E-state index contributed by atoms with van der Waals surface area (Å²) in [4.78, 5) is 12.4. The van der Waals surface area contributed by atoms with Crippen LogP contribution >= 0.6 is 11.6 Å². The second-order valence-electron chi connectivity index (χ2n) is 3.77. The first-order valence-corrected chi connectivity index (χ1v) is 5.28. The molecule has 0 aliphatic rings. The summed E-state index contributed by atoms with van der Waals surface area (Å²) < 4.78 is 0. The summed E-state index contributed by atoms with van der Waals surface area (Å²) in [6.07, 6.45) is 0. The summed E-state index contributed by atoms with van der Waals surface area (Å²) in [7, 11) is 1.82. The number of nitrogens with two attached hydrogens (primary N) is 1. The molecule has 1 aromatic rings. The average molecular weight is 243 g/mol. The zero-order valence-corrected chi connectivity index (χ0v) is 9.81. The van der Waals surface area contributed by atoms with Crippen LogP contribution in [0.2, 0.25) is 5.02 Å². The average Bonchev–Trinajstić information content (AvgIpc) is 2.16. The molecule has 1 rings (SSSR count).